The van der Waals surface area contributed by atoms with Gasteiger partial charge < -0.3 is 20.2 Å². The number of carbonyl (C=O) groups excluding carboxylic acids is 2. The van der Waals surface area contributed by atoms with Crippen LogP contribution >= 0.6 is 12.6 Å². The van der Waals surface area contributed by atoms with E-state index in [0.717, 1.165) is 55.5 Å². The lowest BCUT2D eigenvalue weighted by Crippen LogP contribution is -2.61. The third-order valence-electron chi connectivity index (χ3n) is 12.1. The number of thiol groups is 1. The molecule has 224 valence electrons. The van der Waals surface area contributed by atoms with Gasteiger partial charge in [0.2, 0.25) is 5.12 Å². The normalized spacial score (nSPS) is 38.8. The van der Waals surface area contributed by atoms with E-state index in [0.29, 0.717) is 24.9 Å². The fraction of sp³-hybridized carbons (Fsp3) is 0.606. The smallest absolute Gasteiger partial charge is 0.254 e. The van der Waals surface area contributed by atoms with Gasteiger partial charge in [0.1, 0.15) is 5.60 Å². The van der Waals surface area contributed by atoms with Crippen LogP contribution in [0.1, 0.15) is 80.4 Å². The minimum absolute atomic E-state index is 0.0187. The van der Waals surface area contributed by atoms with Gasteiger partial charge in [-0.3, -0.25) is 9.59 Å². The molecule has 1 saturated heterocycles. The SMILES string of the molecule is C[C@]12Cc3cnn(-c4cccc(C(=O)N5CCC[C@@H]5CO)c4)c3C=C1CC[C@@H]1[C@@H]2[C@@H](O)C[C@@]2(C)[C@H]1CC[C@]2(O)C(=O)S. The molecule has 0 spiro atoms. The molecule has 0 unspecified atom stereocenters. The number of aromatic nitrogens is 2. The highest BCUT2D eigenvalue weighted by atomic mass is 32.1. The van der Waals surface area contributed by atoms with Gasteiger partial charge >= 0.3 is 0 Å². The summed E-state index contributed by atoms with van der Waals surface area (Å²) in [4.78, 5) is 27.6. The molecule has 8 nitrogen and oxygen atoms in total. The molecule has 9 heteroatoms. The summed E-state index contributed by atoms with van der Waals surface area (Å²) in [6, 6.07) is 7.45. The molecule has 2 heterocycles. The number of amides is 1. The number of carbonyl (C=O) groups is 2. The van der Waals surface area contributed by atoms with Gasteiger partial charge in [-0.1, -0.05) is 25.5 Å². The van der Waals surface area contributed by atoms with Crippen LogP contribution in [0.15, 0.2) is 36.0 Å². The Morgan fingerprint density at radius 2 is 2.00 bits per heavy atom. The number of hydrogen-bond donors (Lipinski definition) is 4. The maximum atomic E-state index is 13.3. The van der Waals surface area contributed by atoms with Crippen molar-refractivity contribution >= 4 is 29.7 Å². The number of benzene rings is 1. The topological polar surface area (TPSA) is 116 Å². The van der Waals surface area contributed by atoms with Crippen LogP contribution in [0, 0.1) is 28.6 Å². The predicted molar refractivity (Wildman–Crippen MR) is 161 cm³/mol. The monoisotopic (exact) mass is 591 g/mol. The predicted octanol–water partition coefficient (Wildman–Crippen LogP) is 3.81. The van der Waals surface area contributed by atoms with Gasteiger partial charge in [-0.25, -0.2) is 4.68 Å². The standard InChI is InChI=1S/C33H41N3O5S/c1-31-15-20-17-34-36(22-6-3-5-19(13-22)29(39)35-12-4-7-23(35)18-37)26(20)14-21(31)8-9-24-25-10-11-33(41,30(40)42)32(25,2)16-27(38)28(24)31/h3,5-6,13-14,17,23-25,27-28,37-38,41H,4,7-12,15-16,18H2,1-2H3,(H,40,42)/t23-,24+,25+,27+,28-,31+,32+,33+/m1/s1. The van der Waals surface area contributed by atoms with Crippen LogP contribution in [0.4, 0.5) is 0 Å². The second-order valence-electron chi connectivity index (χ2n) is 14.0. The number of rotatable bonds is 4. The summed E-state index contributed by atoms with van der Waals surface area (Å²) >= 11 is 4.08. The zero-order chi connectivity index (χ0) is 29.6. The highest BCUT2D eigenvalue weighted by Gasteiger charge is 2.68. The lowest BCUT2D eigenvalue weighted by atomic mass is 9.45. The number of likely N-dealkylation sites (tertiary alicyclic amines) is 1. The van der Waals surface area contributed by atoms with E-state index in [4.69, 9.17) is 5.10 Å². The van der Waals surface area contributed by atoms with Gasteiger partial charge in [0.05, 0.1) is 36.3 Å². The highest BCUT2D eigenvalue weighted by Crippen LogP contribution is 2.67. The van der Waals surface area contributed by atoms with E-state index in [1.165, 1.54) is 5.57 Å². The first kappa shape index (κ1) is 28.3. The van der Waals surface area contributed by atoms with Crippen molar-refractivity contribution in [2.45, 2.75) is 83.0 Å². The Morgan fingerprint density at radius 1 is 1.19 bits per heavy atom. The van der Waals surface area contributed by atoms with Crippen LogP contribution in [0.25, 0.3) is 11.8 Å². The molecule has 0 bridgehead atoms. The maximum absolute atomic E-state index is 13.3. The van der Waals surface area contributed by atoms with E-state index in [9.17, 15) is 24.9 Å². The van der Waals surface area contributed by atoms with E-state index < -0.39 is 22.2 Å². The minimum Gasteiger partial charge on any atom is -0.394 e. The summed E-state index contributed by atoms with van der Waals surface area (Å²) < 4.78 is 1.92. The summed E-state index contributed by atoms with van der Waals surface area (Å²) in [6.07, 6.45) is 9.41. The van der Waals surface area contributed by atoms with E-state index in [-0.39, 0.29) is 41.7 Å². The number of nitrogens with zero attached hydrogens (tertiary/aromatic N) is 3. The van der Waals surface area contributed by atoms with E-state index in [1.807, 2.05) is 42.1 Å². The molecule has 0 radical (unpaired) electrons. The highest BCUT2D eigenvalue weighted by molar-refractivity contribution is 7.96. The van der Waals surface area contributed by atoms with Crippen LogP contribution in [-0.2, 0) is 11.2 Å². The second-order valence-corrected chi connectivity index (χ2v) is 14.4. The summed E-state index contributed by atoms with van der Waals surface area (Å²) in [7, 11) is 0. The number of fused-ring (bicyclic) bond motifs is 6. The van der Waals surface area contributed by atoms with Gasteiger partial charge in [-0.15, -0.1) is 12.6 Å². The second kappa shape index (κ2) is 9.78. The van der Waals surface area contributed by atoms with Crippen molar-refractivity contribution < 1.29 is 24.9 Å². The average molecular weight is 592 g/mol. The number of aliphatic hydroxyl groups excluding tert-OH is 2. The molecule has 4 fully saturated rings. The molecule has 1 aromatic heterocycles. The van der Waals surface area contributed by atoms with Crippen LogP contribution in [0.3, 0.4) is 0 Å². The van der Waals surface area contributed by atoms with Gasteiger partial charge in [-0.05, 0) is 104 Å². The zero-order valence-electron chi connectivity index (χ0n) is 24.4. The molecule has 1 aromatic carbocycles. The molecule has 1 aliphatic heterocycles. The molecule has 3 N–H and O–H groups in total. The molecule has 7 rings (SSSR count). The number of hydrogen-bond acceptors (Lipinski definition) is 6. The van der Waals surface area contributed by atoms with E-state index in [2.05, 4.69) is 25.6 Å². The third-order valence-corrected chi connectivity index (χ3v) is 12.5. The molecule has 2 aromatic rings. The molecule has 5 aliphatic rings. The first-order valence-corrected chi connectivity index (χ1v) is 15.9. The Labute approximate surface area is 252 Å². The third kappa shape index (κ3) is 3.82. The lowest BCUT2D eigenvalue weighted by molar-refractivity contribution is -0.173. The van der Waals surface area contributed by atoms with Crippen LogP contribution < -0.4 is 0 Å². The van der Waals surface area contributed by atoms with Crippen LogP contribution in [0.2, 0.25) is 0 Å². The number of aliphatic hydroxyl groups is 3. The minimum atomic E-state index is -1.49. The Hall–Kier alpha value is -2.46. The van der Waals surface area contributed by atoms with Gasteiger partial charge in [0.25, 0.3) is 5.91 Å². The summed E-state index contributed by atoms with van der Waals surface area (Å²) in [5.41, 5.74) is 2.45. The number of allylic oxidation sites excluding steroid dienone is 1. The van der Waals surface area contributed by atoms with Crippen LogP contribution in [-0.4, -0.2) is 71.9 Å². The van der Waals surface area contributed by atoms with Crippen molar-refractivity contribution in [1.29, 1.82) is 0 Å². The van der Waals surface area contributed by atoms with Gasteiger partial charge in [0, 0.05) is 17.5 Å². The van der Waals surface area contributed by atoms with Crippen molar-refractivity contribution in [3.63, 3.8) is 0 Å². The van der Waals surface area contributed by atoms with Crippen molar-refractivity contribution in [2.24, 2.45) is 28.6 Å². The molecule has 1 amide bonds. The van der Waals surface area contributed by atoms with Crippen molar-refractivity contribution in [3.8, 4) is 5.69 Å². The molecule has 3 saturated carbocycles. The molecule has 8 atom stereocenters. The van der Waals surface area contributed by atoms with Crippen molar-refractivity contribution in [1.82, 2.24) is 14.7 Å². The Bertz CT molecular complexity index is 1490. The van der Waals surface area contributed by atoms with Gasteiger partial charge in [0.15, 0.2) is 0 Å². The van der Waals surface area contributed by atoms with Crippen molar-refractivity contribution in [2.75, 3.05) is 13.2 Å². The molecular formula is C33H41N3O5S. The van der Waals surface area contributed by atoms with E-state index >= 15 is 0 Å². The van der Waals surface area contributed by atoms with Crippen LogP contribution in [0.5, 0.6) is 0 Å². The Kier molecular flexibility index (Phi) is 6.59. The van der Waals surface area contributed by atoms with Gasteiger partial charge in [-0.2, -0.15) is 5.10 Å². The fourth-order valence-electron chi connectivity index (χ4n) is 9.98. The summed E-state index contributed by atoms with van der Waals surface area (Å²) in [5.74, 6) is 0.353. The lowest BCUT2D eigenvalue weighted by Gasteiger charge is -2.60. The quantitative estimate of drug-likeness (QED) is 0.402. The molecule has 42 heavy (non-hydrogen) atoms. The molecular weight excluding hydrogens is 550 g/mol. The maximum Gasteiger partial charge on any atom is 0.254 e. The zero-order valence-corrected chi connectivity index (χ0v) is 25.3. The first-order chi connectivity index (χ1) is 20.0. The molecule has 4 aliphatic carbocycles. The summed E-state index contributed by atoms with van der Waals surface area (Å²) in [5, 5.41) is 37.2. The first-order valence-electron chi connectivity index (χ1n) is 15.5. The largest absolute Gasteiger partial charge is 0.394 e. The Morgan fingerprint density at radius 3 is 2.76 bits per heavy atom. The van der Waals surface area contributed by atoms with E-state index in [1.54, 1.807) is 4.90 Å². The summed E-state index contributed by atoms with van der Waals surface area (Å²) in [6.45, 7) is 4.91. The Balaban J connectivity index is 1.20. The average Bonchev–Trinajstić information content (AvgIpc) is 3.67. The fourth-order valence-corrected chi connectivity index (χ4v) is 10.3. The van der Waals surface area contributed by atoms with Crippen molar-refractivity contribution in [3.05, 3.63) is 52.9 Å².